The van der Waals surface area contributed by atoms with E-state index in [1.807, 2.05) is 0 Å². The first-order valence-electron chi connectivity index (χ1n) is 5.46. The third-order valence-electron chi connectivity index (χ3n) is 2.56. The number of halogens is 2. The van der Waals surface area contributed by atoms with Gasteiger partial charge >= 0.3 is 6.61 Å². The monoisotopic (exact) mass is 253 g/mol. The molecule has 0 saturated heterocycles. The number of benzene rings is 1. The SMILES string of the molecule is CNC(c1ccco1)c1ccccc1OC(F)F. The second kappa shape index (κ2) is 5.64. The van der Waals surface area contributed by atoms with Crippen LogP contribution in [-0.4, -0.2) is 13.7 Å². The van der Waals surface area contributed by atoms with Crippen molar-refractivity contribution >= 4 is 0 Å². The minimum atomic E-state index is -2.85. The lowest BCUT2D eigenvalue weighted by atomic mass is 10.0. The third-order valence-corrected chi connectivity index (χ3v) is 2.56. The van der Waals surface area contributed by atoms with Crippen LogP contribution < -0.4 is 10.1 Å². The molecule has 2 rings (SSSR count). The van der Waals surface area contributed by atoms with Crippen LogP contribution in [0.4, 0.5) is 8.78 Å². The lowest BCUT2D eigenvalue weighted by Crippen LogP contribution is -2.18. The van der Waals surface area contributed by atoms with Gasteiger partial charge in [-0.2, -0.15) is 8.78 Å². The molecule has 0 saturated carbocycles. The Balaban J connectivity index is 2.36. The molecule has 5 heteroatoms. The lowest BCUT2D eigenvalue weighted by molar-refractivity contribution is -0.0506. The molecule has 1 aromatic carbocycles. The fourth-order valence-corrected chi connectivity index (χ4v) is 1.83. The van der Waals surface area contributed by atoms with Crippen molar-refractivity contribution in [1.82, 2.24) is 5.32 Å². The molecule has 1 unspecified atom stereocenters. The predicted octanol–water partition coefficient (Wildman–Crippen LogP) is 3.19. The predicted molar refractivity (Wildman–Crippen MR) is 62.7 cm³/mol. The standard InChI is InChI=1S/C13H13F2NO2/c1-16-12(11-7-4-8-17-11)9-5-2-3-6-10(9)18-13(14)15/h2-8,12-13,16H,1H3. The topological polar surface area (TPSA) is 34.4 Å². The van der Waals surface area contributed by atoms with Gasteiger partial charge in [0.05, 0.1) is 12.3 Å². The van der Waals surface area contributed by atoms with E-state index in [4.69, 9.17) is 4.42 Å². The molecule has 0 spiro atoms. The second-order valence-electron chi connectivity index (χ2n) is 3.65. The van der Waals surface area contributed by atoms with E-state index in [9.17, 15) is 8.78 Å². The molecule has 1 N–H and O–H groups in total. The highest BCUT2D eigenvalue weighted by Gasteiger charge is 2.20. The first-order chi connectivity index (χ1) is 8.72. The zero-order valence-electron chi connectivity index (χ0n) is 9.77. The smallest absolute Gasteiger partial charge is 0.387 e. The number of para-hydroxylation sites is 1. The Morgan fingerprint density at radius 3 is 2.56 bits per heavy atom. The molecule has 3 nitrogen and oxygen atoms in total. The fourth-order valence-electron chi connectivity index (χ4n) is 1.83. The Bertz CT molecular complexity index is 485. The number of hydrogen-bond acceptors (Lipinski definition) is 3. The van der Waals surface area contributed by atoms with E-state index in [0.717, 1.165) is 0 Å². The summed E-state index contributed by atoms with van der Waals surface area (Å²) in [7, 11) is 1.73. The van der Waals surface area contributed by atoms with Gasteiger partial charge in [-0.05, 0) is 25.2 Å². The van der Waals surface area contributed by atoms with Gasteiger partial charge in [0.15, 0.2) is 0 Å². The summed E-state index contributed by atoms with van der Waals surface area (Å²) < 4.78 is 34.5. The van der Waals surface area contributed by atoms with Gasteiger partial charge in [0.1, 0.15) is 11.5 Å². The van der Waals surface area contributed by atoms with Crippen molar-refractivity contribution in [3.63, 3.8) is 0 Å². The minimum absolute atomic E-state index is 0.142. The van der Waals surface area contributed by atoms with Crippen LogP contribution in [0.2, 0.25) is 0 Å². The average molecular weight is 253 g/mol. The van der Waals surface area contributed by atoms with Crippen LogP contribution in [0.3, 0.4) is 0 Å². The summed E-state index contributed by atoms with van der Waals surface area (Å²) in [5, 5.41) is 3.02. The molecular weight excluding hydrogens is 240 g/mol. The van der Waals surface area contributed by atoms with E-state index in [0.29, 0.717) is 11.3 Å². The van der Waals surface area contributed by atoms with Crippen LogP contribution in [0.15, 0.2) is 47.1 Å². The molecule has 1 aromatic heterocycles. The number of furan rings is 1. The van der Waals surface area contributed by atoms with Crippen molar-refractivity contribution < 1.29 is 17.9 Å². The molecule has 0 radical (unpaired) electrons. The van der Waals surface area contributed by atoms with Crippen molar-refractivity contribution in [2.24, 2.45) is 0 Å². The highest BCUT2D eigenvalue weighted by atomic mass is 19.3. The number of rotatable bonds is 5. The number of alkyl halides is 2. The van der Waals surface area contributed by atoms with Crippen molar-refractivity contribution in [2.45, 2.75) is 12.7 Å². The van der Waals surface area contributed by atoms with E-state index in [2.05, 4.69) is 10.1 Å². The summed E-state index contributed by atoms with van der Waals surface area (Å²) in [5.41, 5.74) is 0.607. The van der Waals surface area contributed by atoms with Gasteiger partial charge in [0, 0.05) is 5.56 Å². The Hall–Kier alpha value is -1.88. The van der Waals surface area contributed by atoms with E-state index < -0.39 is 6.61 Å². The Labute approximate surface area is 103 Å². The van der Waals surface area contributed by atoms with E-state index in [1.165, 1.54) is 12.3 Å². The van der Waals surface area contributed by atoms with Crippen molar-refractivity contribution in [2.75, 3.05) is 7.05 Å². The second-order valence-corrected chi connectivity index (χ2v) is 3.65. The molecule has 0 amide bonds. The fraction of sp³-hybridized carbons (Fsp3) is 0.231. The van der Waals surface area contributed by atoms with Crippen LogP contribution in [0.25, 0.3) is 0 Å². The Morgan fingerprint density at radius 1 is 1.17 bits per heavy atom. The highest BCUT2D eigenvalue weighted by molar-refractivity contribution is 5.39. The molecule has 1 atom stereocenters. The molecule has 0 aliphatic rings. The molecule has 18 heavy (non-hydrogen) atoms. The van der Waals surface area contributed by atoms with Gasteiger partial charge in [-0.3, -0.25) is 0 Å². The molecule has 0 bridgehead atoms. The quantitative estimate of drug-likeness (QED) is 0.888. The Kier molecular flexibility index (Phi) is 3.94. The maximum Gasteiger partial charge on any atom is 0.387 e. The van der Waals surface area contributed by atoms with Crippen LogP contribution in [-0.2, 0) is 0 Å². The summed E-state index contributed by atoms with van der Waals surface area (Å²) in [6.07, 6.45) is 1.54. The summed E-state index contributed by atoms with van der Waals surface area (Å²) in [4.78, 5) is 0. The molecule has 0 fully saturated rings. The normalized spacial score (nSPS) is 12.7. The van der Waals surface area contributed by atoms with Crippen LogP contribution >= 0.6 is 0 Å². The highest BCUT2D eigenvalue weighted by Crippen LogP contribution is 2.30. The lowest BCUT2D eigenvalue weighted by Gasteiger charge is -2.18. The van der Waals surface area contributed by atoms with E-state index in [-0.39, 0.29) is 11.8 Å². The average Bonchev–Trinajstić information content (AvgIpc) is 2.85. The maximum atomic E-state index is 12.3. The maximum absolute atomic E-state index is 12.3. The summed E-state index contributed by atoms with van der Waals surface area (Å²) >= 11 is 0. The van der Waals surface area contributed by atoms with Crippen LogP contribution in [0.5, 0.6) is 5.75 Å². The van der Waals surface area contributed by atoms with Crippen molar-refractivity contribution in [3.8, 4) is 5.75 Å². The third kappa shape index (κ3) is 2.68. The Morgan fingerprint density at radius 2 is 1.94 bits per heavy atom. The molecule has 2 aromatic rings. The van der Waals surface area contributed by atoms with E-state index >= 15 is 0 Å². The van der Waals surface area contributed by atoms with Gasteiger partial charge in [0.25, 0.3) is 0 Å². The zero-order valence-corrected chi connectivity index (χ0v) is 9.77. The zero-order chi connectivity index (χ0) is 13.0. The van der Waals surface area contributed by atoms with Crippen LogP contribution in [0, 0.1) is 0 Å². The van der Waals surface area contributed by atoms with Crippen LogP contribution in [0.1, 0.15) is 17.4 Å². The first kappa shape index (κ1) is 12.6. The molecule has 96 valence electrons. The minimum Gasteiger partial charge on any atom is -0.467 e. The number of hydrogen-bond donors (Lipinski definition) is 1. The summed E-state index contributed by atoms with van der Waals surface area (Å²) in [5.74, 6) is 0.783. The van der Waals surface area contributed by atoms with Crippen molar-refractivity contribution in [1.29, 1.82) is 0 Å². The van der Waals surface area contributed by atoms with E-state index in [1.54, 1.807) is 37.4 Å². The van der Waals surface area contributed by atoms with Gasteiger partial charge in [-0.25, -0.2) is 0 Å². The summed E-state index contributed by atoms with van der Waals surface area (Å²) in [6.45, 7) is -2.85. The number of ether oxygens (including phenoxy) is 1. The van der Waals surface area contributed by atoms with Gasteiger partial charge < -0.3 is 14.5 Å². The van der Waals surface area contributed by atoms with Gasteiger partial charge in [-0.1, -0.05) is 18.2 Å². The molecule has 0 aliphatic heterocycles. The van der Waals surface area contributed by atoms with Crippen molar-refractivity contribution in [3.05, 3.63) is 54.0 Å². The first-order valence-corrected chi connectivity index (χ1v) is 5.46. The van der Waals surface area contributed by atoms with Gasteiger partial charge in [0.2, 0.25) is 0 Å². The number of nitrogens with one attached hydrogen (secondary N) is 1. The largest absolute Gasteiger partial charge is 0.467 e. The molecular formula is C13H13F2NO2. The molecule has 1 heterocycles. The summed E-state index contributed by atoms with van der Waals surface area (Å²) in [6, 6.07) is 9.85. The van der Waals surface area contributed by atoms with Gasteiger partial charge in [-0.15, -0.1) is 0 Å². The molecule has 0 aliphatic carbocycles.